The van der Waals surface area contributed by atoms with Gasteiger partial charge in [0.05, 0.1) is 0 Å². The first-order chi connectivity index (χ1) is 11.1. The van der Waals surface area contributed by atoms with Crippen molar-refractivity contribution in [2.75, 3.05) is 13.1 Å². The van der Waals surface area contributed by atoms with Crippen molar-refractivity contribution in [2.24, 2.45) is 5.92 Å². The van der Waals surface area contributed by atoms with Gasteiger partial charge in [-0.15, -0.1) is 11.3 Å². The maximum Gasteiger partial charge on any atom is 0.274 e. The molecule has 1 atom stereocenters. The van der Waals surface area contributed by atoms with E-state index in [4.69, 9.17) is 0 Å². The maximum atomic E-state index is 12.8. The number of benzene rings is 1. The quantitative estimate of drug-likeness (QED) is 0.940. The smallest absolute Gasteiger partial charge is 0.274 e. The Labute approximate surface area is 139 Å². The number of hydrogen-bond donors (Lipinski definition) is 1. The minimum atomic E-state index is -0.432. The molecule has 1 aromatic carbocycles. The van der Waals surface area contributed by atoms with Gasteiger partial charge in [-0.25, -0.2) is 4.98 Å². The summed E-state index contributed by atoms with van der Waals surface area (Å²) in [4.78, 5) is 31.0. The van der Waals surface area contributed by atoms with Crippen LogP contribution >= 0.6 is 11.3 Å². The van der Waals surface area contributed by atoms with E-state index in [1.54, 1.807) is 10.3 Å². The lowest BCUT2D eigenvalue weighted by Gasteiger charge is -2.36. The first kappa shape index (κ1) is 15.7. The number of nitrogens with zero attached hydrogens (tertiary/aromatic N) is 2. The van der Waals surface area contributed by atoms with Gasteiger partial charge in [-0.2, -0.15) is 0 Å². The maximum absolute atomic E-state index is 12.8. The summed E-state index contributed by atoms with van der Waals surface area (Å²) in [7, 11) is 0. The second kappa shape index (κ2) is 6.50. The third-order valence-electron chi connectivity index (χ3n) is 3.89. The predicted molar refractivity (Wildman–Crippen MR) is 90.2 cm³/mol. The van der Waals surface area contributed by atoms with E-state index >= 15 is 0 Å². The third-order valence-corrected chi connectivity index (χ3v) is 4.78. The molecule has 23 heavy (non-hydrogen) atoms. The van der Waals surface area contributed by atoms with Crippen molar-refractivity contribution in [3.05, 3.63) is 41.4 Å². The molecule has 1 aromatic heterocycles. The first-order valence-electron chi connectivity index (χ1n) is 7.67. The molecular formula is C17H19N3O2S. The van der Waals surface area contributed by atoms with Crippen LogP contribution in [0.1, 0.15) is 24.3 Å². The summed E-state index contributed by atoms with van der Waals surface area (Å²) in [6.07, 6.45) is 0. The van der Waals surface area contributed by atoms with E-state index < -0.39 is 6.04 Å². The van der Waals surface area contributed by atoms with Gasteiger partial charge in [-0.3, -0.25) is 9.59 Å². The Morgan fingerprint density at radius 2 is 2.09 bits per heavy atom. The fraction of sp³-hybridized carbons (Fsp3) is 0.353. The van der Waals surface area contributed by atoms with Gasteiger partial charge in [-0.05, 0) is 5.92 Å². The van der Waals surface area contributed by atoms with Crippen LogP contribution in [-0.2, 0) is 4.79 Å². The van der Waals surface area contributed by atoms with Gasteiger partial charge in [0.25, 0.3) is 5.91 Å². The van der Waals surface area contributed by atoms with Crippen LogP contribution < -0.4 is 5.32 Å². The average Bonchev–Trinajstić information content (AvgIpc) is 3.04. The molecule has 1 aliphatic heterocycles. The summed E-state index contributed by atoms with van der Waals surface area (Å²) < 4.78 is 0. The van der Waals surface area contributed by atoms with Crippen molar-refractivity contribution >= 4 is 23.2 Å². The summed E-state index contributed by atoms with van der Waals surface area (Å²) in [5.41, 5.74) is 1.41. The van der Waals surface area contributed by atoms with Crippen molar-refractivity contribution < 1.29 is 9.59 Å². The molecule has 0 saturated carbocycles. The lowest BCUT2D eigenvalue weighted by Crippen LogP contribution is -2.59. The number of aromatic nitrogens is 1. The van der Waals surface area contributed by atoms with Crippen LogP contribution in [0.4, 0.5) is 0 Å². The fourth-order valence-electron chi connectivity index (χ4n) is 2.81. The van der Waals surface area contributed by atoms with Crippen molar-refractivity contribution in [2.45, 2.75) is 19.9 Å². The summed E-state index contributed by atoms with van der Waals surface area (Å²) in [5.74, 6) is -0.193. The average molecular weight is 329 g/mol. The summed E-state index contributed by atoms with van der Waals surface area (Å²) in [5, 5.41) is 5.42. The molecule has 1 saturated heterocycles. The largest absolute Gasteiger partial charge is 0.353 e. The molecule has 0 aliphatic carbocycles. The zero-order valence-corrected chi connectivity index (χ0v) is 14.0. The Bertz CT molecular complexity index is 712. The van der Waals surface area contributed by atoms with E-state index in [0.717, 1.165) is 10.6 Å². The molecule has 1 unspecified atom stereocenters. The van der Waals surface area contributed by atoms with Gasteiger partial charge < -0.3 is 10.2 Å². The number of piperazine rings is 1. The second-order valence-corrected chi connectivity index (χ2v) is 6.74. The van der Waals surface area contributed by atoms with Crippen molar-refractivity contribution in [1.82, 2.24) is 15.2 Å². The van der Waals surface area contributed by atoms with E-state index in [2.05, 4.69) is 10.3 Å². The summed E-state index contributed by atoms with van der Waals surface area (Å²) >= 11 is 1.45. The molecule has 0 bridgehead atoms. The van der Waals surface area contributed by atoms with Crippen molar-refractivity contribution in [1.29, 1.82) is 0 Å². The number of nitrogens with one attached hydrogen (secondary N) is 1. The topological polar surface area (TPSA) is 62.3 Å². The molecule has 1 N–H and O–H groups in total. The van der Waals surface area contributed by atoms with Crippen LogP contribution in [0.3, 0.4) is 0 Å². The number of thiazole rings is 1. The summed E-state index contributed by atoms with van der Waals surface area (Å²) in [6, 6.07) is 9.35. The van der Waals surface area contributed by atoms with Crippen LogP contribution in [-0.4, -0.2) is 40.8 Å². The van der Waals surface area contributed by atoms with Crippen LogP contribution in [0.5, 0.6) is 0 Å². The Morgan fingerprint density at radius 1 is 1.35 bits per heavy atom. The van der Waals surface area contributed by atoms with E-state index in [-0.39, 0.29) is 17.7 Å². The molecule has 2 amide bonds. The Hall–Kier alpha value is -2.21. The highest BCUT2D eigenvalue weighted by atomic mass is 32.1. The molecule has 1 aliphatic rings. The Balaban J connectivity index is 1.85. The van der Waals surface area contributed by atoms with Gasteiger partial charge in [-0.1, -0.05) is 44.2 Å². The third kappa shape index (κ3) is 3.12. The molecule has 1 fully saturated rings. The van der Waals surface area contributed by atoms with Gasteiger partial charge in [0.1, 0.15) is 16.7 Å². The van der Waals surface area contributed by atoms with Gasteiger partial charge in [0.2, 0.25) is 5.91 Å². The van der Waals surface area contributed by atoms with Crippen LogP contribution in [0.2, 0.25) is 0 Å². The van der Waals surface area contributed by atoms with Gasteiger partial charge >= 0.3 is 0 Å². The highest BCUT2D eigenvalue weighted by Crippen LogP contribution is 2.25. The Kier molecular flexibility index (Phi) is 4.43. The van der Waals surface area contributed by atoms with Crippen LogP contribution in [0, 0.1) is 5.92 Å². The molecule has 2 aromatic rings. The van der Waals surface area contributed by atoms with Gasteiger partial charge in [0, 0.05) is 24.0 Å². The zero-order chi connectivity index (χ0) is 16.4. The number of amides is 2. The lowest BCUT2D eigenvalue weighted by atomic mass is 9.99. The SMILES string of the molecule is CC(C)C1C(=O)NCCN1C(=O)c1csc(-c2ccccc2)n1. The van der Waals surface area contributed by atoms with Crippen LogP contribution in [0.15, 0.2) is 35.7 Å². The first-order valence-corrected chi connectivity index (χ1v) is 8.55. The van der Waals surface area contributed by atoms with E-state index in [9.17, 15) is 9.59 Å². The minimum Gasteiger partial charge on any atom is -0.353 e. The monoisotopic (exact) mass is 329 g/mol. The minimum absolute atomic E-state index is 0.0616. The normalized spacial score (nSPS) is 18.1. The number of hydrogen-bond acceptors (Lipinski definition) is 4. The van der Waals surface area contributed by atoms with E-state index in [1.807, 2.05) is 44.2 Å². The molecule has 0 spiro atoms. The van der Waals surface area contributed by atoms with Crippen LogP contribution in [0.25, 0.3) is 10.6 Å². The van der Waals surface area contributed by atoms with E-state index in [0.29, 0.717) is 18.8 Å². The van der Waals surface area contributed by atoms with Gasteiger partial charge in [0.15, 0.2) is 0 Å². The summed E-state index contributed by atoms with van der Waals surface area (Å²) in [6.45, 7) is 4.91. The highest BCUT2D eigenvalue weighted by Gasteiger charge is 2.36. The molecule has 0 radical (unpaired) electrons. The zero-order valence-electron chi connectivity index (χ0n) is 13.2. The van der Waals surface area contributed by atoms with E-state index in [1.165, 1.54) is 11.3 Å². The molecule has 6 heteroatoms. The predicted octanol–water partition coefficient (Wildman–Crippen LogP) is 2.41. The lowest BCUT2D eigenvalue weighted by molar-refractivity contribution is -0.129. The Morgan fingerprint density at radius 3 is 2.78 bits per heavy atom. The number of carbonyl (C=O) groups excluding carboxylic acids is 2. The second-order valence-electron chi connectivity index (χ2n) is 5.88. The standard InChI is InChI=1S/C17H19N3O2S/c1-11(2)14-15(21)18-8-9-20(14)17(22)13-10-23-16(19-13)12-6-4-3-5-7-12/h3-7,10-11,14H,8-9H2,1-2H3,(H,18,21). The number of rotatable bonds is 3. The highest BCUT2D eigenvalue weighted by molar-refractivity contribution is 7.13. The molecule has 5 nitrogen and oxygen atoms in total. The van der Waals surface area contributed by atoms with Crippen molar-refractivity contribution in [3.8, 4) is 10.6 Å². The fourth-order valence-corrected chi connectivity index (χ4v) is 3.61. The molecule has 3 rings (SSSR count). The molecule has 120 valence electrons. The molecular weight excluding hydrogens is 310 g/mol. The molecule has 2 heterocycles. The van der Waals surface area contributed by atoms with Crippen molar-refractivity contribution in [3.63, 3.8) is 0 Å². The number of carbonyl (C=O) groups is 2.